The zero-order valence-corrected chi connectivity index (χ0v) is 9.92. The van der Waals surface area contributed by atoms with E-state index in [1.807, 2.05) is 11.1 Å². The van der Waals surface area contributed by atoms with E-state index in [9.17, 15) is 19.7 Å². The van der Waals surface area contributed by atoms with Gasteiger partial charge >= 0.3 is 16.9 Å². The molecule has 0 amide bonds. The predicted molar refractivity (Wildman–Crippen MR) is 66.6 cm³/mol. The molecule has 0 aromatic carbocycles. The minimum absolute atomic E-state index is 0.355. The van der Waals surface area contributed by atoms with E-state index in [4.69, 9.17) is 0 Å². The molecule has 18 heavy (non-hydrogen) atoms. The Kier molecular flexibility index (Phi) is 5.04. The highest BCUT2D eigenvalue weighted by Gasteiger charge is 2.14. The molecule has 0 aliphatic carbocycles. The Hall–Kier alpha value is -2.18. The Bertz CT molecular complexity index is 544. The Balaban J connectivity index is 2.74. The summed E-state index contributed by atoms with van der Waals surface area (Å²) in [6.07, 6.45) is 6.29. The molecule has 1 aromatic rings. The highest BCUT2D eigenvalue weighted by atomic mass is 16.6. The maximum atomic E-state index is 11.4. The van der Waals surface area contributed by atoms with Gasteiger partial charge in [0.1, 0.15) is 0 Å². The highest BCUT2D eigenvalue weighted by molar-refractivity contribution is 5.20. The lowest BCUT2D eigenvalue weighted by molar-refractivity contribution is -0.386. The summed E-state index contributed by atoms with van der Waals surface area (Å²) in [7, 11) is 0. The molecule has 1 N–H and O–H groups in total. The van der Waals surface area contributed by atoms with Gasteiger partial charge in [-0.1, -0.05) is 12.5 Å². The number of nitro groups is 1. The van der Waals surface area contributed by atoms with Gasteiger partial charge in [0.25, 0.3) is 0 Å². The van der Waals surface area contributed by atoms with Crippen LogP contribution in [0, 0.1) is 10.1 Å². The molecule has 1 aromatic heterocycles. The number of hydrogen-bond acceptors (Lipinski definition) is 4. The number of unbranched alkanes of at least 4 members (excludes halogenated alkanes) is 3. The second-order valence-corrected chi connectivity index (χ2v) is 3.86. The number of rotatable bonds is 7. The number of aromatic nitrogens is 2. The highest BCUT2D eigenvalue weighted by Crippen LogP contribution is 2.03. The van der Waals surface area contributed by atoms with E-state index >= 15 is 0 Å². The second kappa shape index (κ2) is 6.53. The van der Waals surface area contributed by atoms with Crippen molar-refractivity contribution < 1.29 is 4.92 Å². The smallest absolute Gasteiger partial charge is 0.294 e. The molecule has 0 fully saturated rings. The summed E-state index contributed by atoms with van der Waals surface area (Å²) >= 11 is 0. The third-order valence-corrected chi connectivity index (χ3v) is 2.50. The number of allylic oxidation sites excluding steroid dienone is 1. The van der Waals surface area contributed by atoms with Crippen molar-refractivity contribution in [1.82, 2.24) is 9.55 Å². The van der Waals surface area contributed by atoms with Gasteiger partial charge < -0.3 is 0 Å². The fourth-order valence-corrected chi connectivity index (χ4v) is 1.54. The van der Waals surface area contributed by atoms with Gasteiger partial charge in [0.2, 0.25) is 0 Å². The largest absolute Gasteiger partial charge is 0.350 e. The summed E-state index contributed by atoms with van der Waals surface area (Å²) in [4.78, 5) is 34.2. The van der Waals surface area contributed by atoms with Crippen LogP contribution in [0.15, 0.2) is 28.4 Å². The lowest BCUT2D eigenvalue weighted by Crippen LogP contribution is -2.30. The molecule has 7 heteroatoms. The van der Waals surface area contributed by atoms with E-state index in [1.54, 1.807) is 0 Å². The van der Waals surface area contributed by atoms with Crippen molar-refractivity contribution in [3.05, 3.63) is 49.8 Å². The van der Waals surface area contributed by atoms with E-state index < -0.39 is 21.9 Å². The van der Waals surface area contributed by atoms with E-state index in [1.165, 1.54) is 0 Å². The van der Waals surface area contributed by atoms with E-state index in [0.717, 1.165) is 36.4 Å². The fourth-order valence-electron chi connectivity index (χ4n) is 1.54. The molecule has 0 bridgehead atoms. The predicted octanol–water partition coefficient (Wildman–Crippen LogP) is 1.19. The van der Waals surface area contributed by atoms with Crippen molar-refractivity contribution in [2.24, 2.45) is 0 Å². The quantitative estimate of drug-likeness (QED) is 0.341. The van der Waals surface area contributed by atoms with Crippen molar-refractivity contribution in [3.63, 3.8) is 0 Å². The first-order chi connectivity index (χ1) is 8.56. The Labute approximate surface area is 103 Å². The average Bonchev–Trinajstić information content (AvgIpc) is 2.30. The van der Waals surface area contributed by atoms with Crippen LogP contribution >= 0.6 is 0 Å². The van der Waals surface area contributed by atoms with Crippen LogP contribution in [-0.2, 0) is 6.54 Å². The van der Waals surface area contributed by atoms with Gasteiger partial charge in [-0.25, -0.2) is 4.79 Å². The van der Waals surface area contributed by atoms with Gasteiger partial charge in [0.05, 0.1) is 11.1 Å². The third kappa shape index (κ3) is 3.69. The molecule has 0 saturated carbocycles. The lowest BCUT2D eigenvalue weighted by atomic mass is 10.2. The van der Waals surface area contributed by atoms with Gasteiger partial charge in [-0.15, -0.1) is 6.58 Å². The monoisotopic (exact) mass is 253 g/mol. The minimum atomic E-state index is -0.965. The molecule has 1 rings (SSSR count). The number of nitrogens with zero attached hydrogens (tertiary/aromatic N) is 2. The van der Waals surface area contributed by atoms with Crippen LogP contribution in [-0.4, -0.2) is 14.5 Å². The number of aromatic amines is 1. The van der Waals surface area contributed by atoms with Crippen LogP contribution in [0.1, 0.15) is 25.7 Å². The lowest BCUT2D eigenvalue weighted by Gasteiger charge is -2.03. The summed E-state index contributed by atoms with van der Waals surface area (Å²) in [5, 5.41) is 10.6. The van der Waals surface area contributed by atoms with Crippen LogP contribution in [0.5, 0.6) is 0 Å². The van der Waals surface area contributed by atoms with E-state index in [0.29, 0.717) is 6.54 Å². The van der Waals surface area contributed by atoms with Gasteiger partial charge in [-0.2, -0.15) is 0 Å². The molecule has 7 nitrogen and oxygen atoms in total. The van der Waals surface area contributed by atoms with Crippen molar-refractivity contribution in [2.75, 3.05) is 0 Å². The number of hydrogen-bond donors (Lipinski definition) is 1. The number of H-pyrrole nitrogens is 1. The van der Waals surface area contributed by atoms with Crippen molar-refractivity contribution >= 4 is 5.69 Å². The molecule has 0 unspecified atom stereocenters. The van der Waals surface area contributed by atoms with Gasteiger partial charge in [0.15, 0.2) is 0 Å². The standard InChI is InChI=1S/C11H15N3O4/c1-2-3-4-5-6-7-13-8-9(14(17)18)10(15)12-11(13)16/h2,8H,1,3-7H2,(H,12,15,16). The second-order valence-electron chi connectivity index (χ2n) is 3.86. The molecule has 0 saturated heterocycles. The molecule has 1 heterocycles. The maximum Gasteiger partial charge on any atom is 0.350 e. The first-order valence-corrected chi connectivity index (χ1v) is 5.65. The average molecular weight is 253 g/mol. The normalized spacial score (nSPS) is 10.2. The van der Waals surface area contributed by atoms with Gasteiger partial charge in [-0.3, -0.25) is 24.5 Å². The van der Waals surface area contributed by atoms with Crippen LogP contribution in [0.25, 0.3) is 0 Å². The molecule has 0 aliphatic heterocycles. The zero-order valence-electron chi connectivity index (χ0n) is 9.92. The third-order valence-electron chi connectivity index (χ3n) is 2.50. The summed E-state index contributed by atoms with van der Waals surface area (Å²) < 4.78 is 1.16. The Morgan fingerprint density at radius 2 is 2.11 bits per heavy atom. The van der Waals surface area contributed by atoms with Crippen molar-refractivity contribution in [1.29, 1.82) is 0 Å². The van der Waals surface area contributed by atoms with E-state index in [-0.39, 0.29) is 0 Å². The molecule has 0 radical (unpaired) electrons. The first kappa shape index (κ1) is 13.9. The number of nitrogens with one attached hydrogen (secondary N) is 1. The summed E-state index contributed by atoms with van der Waals surface area (Å²) in [6.45, 7) is 3.96. The zero-order chi connectivity index (χ0) is 13.5. The molecule has 98 valence electrons. The van der Waals surface area contributed by atoms with Crippen LogP contribution < -0.4 is 11.2 Å². The van der Waals surface area contributed by atoms with Crippen LogP contribution in [0.3, 0.4) is 0 Å². The molecule has 0 aliphatic rings. The first-order valence-electron chi connectivity index (χ1n) is 5.65. The summed E-state index contributed by atoms with van der Waals surface area (Å²) in [6, 6.07) is 0. The maximum absolute atomic E-state index is 11.4. The Morgan fingerprint density at radius 3 is 2.72 bits per heavy atom. The molecular weight excluding hydrogens is 238 g/mol. The van der Waals surface area contributed by atoms with Crippen molar-refractivity contribution in [2.45, 2.75) is 32.2 Å². The SMILES string of the molecule is C=CCCCCCn1cc([N+](=O)[O-])c(=O)[nH]c1=O. The summed E-state index contributed by atoms with van der Waals surface area (Å²) in [5.41, 5.74) is -2.19. The molecular formula is C11H15N3O4. The topological polar surface area (TPSA) is 98.0 Å². The fraction of sp³-hybridized carbons (Fsp3) is 0.455. The van der Waals surface area contributed by atoms with Crippen molar-refractivity contribution in [3.8, 4) is 0 Å². The van der Waals surface area contributed by atoms with Crippen LogP contribution in [0.2, 0.25) is 0 Å². The van der Waals surface area contributed by atoms with Gasteiger partial charge in [-0.05, 0) is 19.3 Å². The van der Waals surface area contributed by atoms with Gasteiger partial charge in [0, 0.05) is 6.54 Å². The van der Waals surface area contributed by atoms with Crippen LogP contribution in [0.4, 0.5) is 5.69 Å². The van der Waals surface area contributed by atoms with E-state index in [2.05, 4.69) is 6.58 Å². The Morgan fingerprint density at radius 1 is 1.39 bits per heavy atom. The molecule has 0 spiro atoms. The number of aryl methyl sites for hydroxylation is 1. The summed E-state index contributed by atoms with van der Waals surface area (Å²) in [5.74, 6) is 0. The minimum Gasteiger partial charge on any atom is -0.294 e. The molecule has 0 atom stereocenters.